The fourth-order valence-corrected chi connectivity index (χ4v) is 5.07. The van der Waals surface area contributed by atoms with Crippen LogP contribution in [0.25, 0.3) is 11.1 Å². The summed E-state index contributed by atoms with van der Waals surface area (Å²) in [6, 6.07) is 10.7. The fourth-order valence-electron chi connectivity index (χ4n) is 4.04. The summed E-state index contributed by atoms with van der Waals surface area (Å²) in [6.45, 7) is 4.54. The van der Waals surface area contributed by atoms with Crippen LogP contribution in [-0.4, -0.2) is 26.4 Å². The molecule has 2 aromatic carbocycles. The maximum atomic E-state index is 14.5. The van der Waals surface area contributed by atoms with E-state index in [1.807, 2.05) is 13.8 Å². The molecule has 1 aliphatic heterocycles. The number of pyridine rings is 1. The lowest BCUT2D eigenvalue weighted by molar-refractivity contribution is -0.118. The Morgan fingerprint density at radius 3 is 2.65 bits per heavy atom. The molecule has 34 heavy (non-hydrogen) atoms. The number of methoxy groups -OCH3 is 1. The predicted molar refractivity (Wildman–Crippen MR) is 124 cm³/mol. The maximum Gasteiger partial charge on any atom is 0.264 e. The summed E-state index contributed by atoms with van der Waals surface area (Å²) in [5.74, 6) is -0.931. The molecule has 4 rings (SSSR count). The maximum absolute atomic E-state index is 14.5. The Hall–Kier alpha value is -3.30. The third-order valence-corrected chi connectivity index (χ3v) is 7.09. The molecule has 0 fully saturated rings. The molecular weight excluding hydrogens is 459 g/mol. The Kier molecular flexibility index (Phi) is 6.67. The van der Waals surface area contributed by atoms with Crippen LogP contribution in [0.3, 0.4) is 0 Å². The number of hydrogen-bond donors (Lipinski definition) is 1. The fraction of sp³-hybridized carbons (Fsp3) is 0.280. The van der Waals surface area contributed by atoms with Gasteiger partial charge in [-0.3, -0.25) is 4.79 Å². The third-order valence-electron chi connectivity index (χ3n) is 5.71. The first-order chi connectivity index (χ1) is 16.2. The lowest BCUT2D eigenvalue weighted by Crippen LogP contribution is -2.32. The Morgan fingerprint density at radius 2 is 1.91 bits per heavy atom. The van der Waals surface area contributed by atoms with E-state index in [2.05, 4.69) is 9.71 Å². The molecule has 0 radical (unpaired) electrons. The lowest BCUT2D eigenvalue weighted by Gasteiger charge is -2.18. The summed E-state index contributed by atoms with van der Waals surface area (Å²) in [5.41, 5.74) is 3.96. The van der Waals surface area contributed by atoms with Crippen LogP contribution >= 0.6 is 0 Å². The van der Waals surface area contributed by atoms with Crippen LogP contribution in [-0.2, 0) is 39.2 Å². The van der Waals surface area contributed by atoms with E-state index < -0.39 is 21.7 Å². The number of carbonyl (C=O) groups is 1. The number of nitrogens with one attached hydrogen (secondary N) is 1. The van der Waals surface area contributed by atoms with Crippen molar-refractivity contribution in [1.82, 2.24) is 9.71 Å². The average molecular weight is 485 g/mol. The van der Waals surface area contributed by atoms with Gasteiger partial charge in [-0.25, -0.2) is 22.5 Å². The number of aromatic nitrogens is 1. The number of sulfonamides is 1. The van der Waals surface area contributed by atoms with Crippen molar-refractivity contribution < 1.29 is 27.1 Å². The topological polar surface area (TPSA) is 94.6 Å². The minimum absolute atomic E-state index is 0.00705. The molecule has 0 atom stereocenters. The van der Waals surface area contributed by atoms with Crippen LogP contribution in [0, 0.1) is 5.82 Å². The number of ether oxygens (including phenoxy) is 2. The number of hydrogen-bond acceptors (Lipinski definition) is 6. The van der Waals surface area contributed by atoms with Crippen molar-refractivity contribution in [3.05, 3.63) is 76.7 Å². The van der Waals surface area contributed by atoms with E-state index in [1.165, 1.54) is 37.6 Å². The van der Waals surface area contributed by atoms with E-state index in [4.69, 9.17) is 9.47 Å². The lowest BCUT2D eigenvalue weighted by atomic mass is 9.88. The minimum Gasteiger partial charge on any atom is -0.481 e. The number of rotatable bonds is 7. The van der Waals surface area contributed by atoms with Gasteiger partial charge in [-0.2, -0.15) is 0 Å². The number of fused-ring (bicyclic) bond motifs is 1. The summed E-state index contributed by atoms with van der Waals surface area (Å²) in [5, 5.41) is 0. The molecule has 1 aliphatic rings. The third kappa shape index (κ3) is 4.95. The number of amides is 1. The van der Waals surface area contributed by atoms with Crippen LogP contribution in [0.5, 0.6) is 5.88 Å². The van der Waals surface area contributed by atoms with E-state index in [-0.39, 0.29) is 17.2 Å². The van der Waals surface area contributed by atoms with E-state index >= 15 is 0 Å². The summed E-state index contributed by atoms with van der Waals surface area (Å²) >= 11 is 0. The van der Waals surface area contributed by atoms with Crippen molar-refractivity contribution in [2.45, 2.75) is 44.3 Å². The van der Waals surface area contributed by atoms with E-state index in [9.17, 15) is 17.6 Å². The molecule has 7 nitrogen and oxygen atoms in total. The SMILES string of the molecule is COc1cc(-c2cc(F)cc(C(C)C)c2CC(=O)NS(=O)(=O)c2ccc3c(c2)COC3)ccn1. The van der Waals surface area contributed by atoms with Gasteiger partial charge in [0.15, 0.2) is 0 Å². The molecule has 0 aliphatic carbocycles. The highest BCUT2D eigenvalue weighted by molar-refractivity contribution is 7.90. The number of benzene rings is 2. The van der Waals surface area contributed by atoms with Crippen LogP contribution in [0.2, 0.25) is 0 Å². The van der Waals surface area contributed by atoms with E-state index in [1.54, 1.807) is 18.2 Å². The van der Waals surface area contributed by atoms with Crippen molar-refractivity contribution in [2.24, 2.45) is 0 Å². The Morgan fingerprint density at radius 1 is 1.15 bits per heavy atom. The number of carbonyl (C=O) groups excluding carboxylic acids is 1. The van der Waals surface area contributed by atoms with Crippen LogP contribution in [0.1, 0.15) is 42.0 Å². The first-order valence-corrected chi connectivity index (χ1v) is 12.2. The van der Waals surface area contributed by atoms with Crippen molar-refractivity contribution in [3.8, 4) is 17.0 Å². The zero-order chi connectivity index (χ0) is 24.5. The molecule has 0 unspecified atom stereocenters. The highest BCUT2D eigenvalue weighted by Crippen LogP contribution is 2.33. The first kappa shape index (κ1) is 23.8. The Labute approximate surface area is 198 Å². The second-order valence-corrected chi connectivity index (χ2v) is 10.1. The minimum atomic E-state index is -4.09. The average Bonchev–Trinajstić information content (AvgIpc) is 3.27. The van der Waals surface area contributed by atoms with Crippen molar-refractivity contribution in [2.75, 3.05) is 7.11 Å². The monoisotopic (exact) mass is 484 g/mol. The smallest absolute Gasteiger partial charge is 0.264 e. The van der Waals surface area contributed by atoms with Gasteiger partial charge < -0.3 is 9.47 Å². The van der Waals surface area contributed by atoms with Crippen LogP contribution in [0.15, 0.2) is 53.6 Å². The van der Waals surface area contributed by atoms with Gasteiger partial charge in [-0.05, 0) is 69.6 Å². The van der Waals surface area contributed by atoms with E-state index in [0.29, 0.717) is 41.3 Å². The highest BCUT2D eigenvalue weighted by atomic mass is 32.2. The van der Waals surface area contributed by atoms with Gasteiger partial charge in [0, 0.05) is 12.3 Å². The molecule has 1 N–H and O–H groups in total. The summed E-state index contributed by atoms with van der Waals surface area (Å²) in [4.78, 5) is 17.0. The quantitative estimate of drug-likeness (QED) is 0.543. The Bertz CT molecular complexity index is 1360. The molecule has 2 heterocycles. The number of nitrogens with zero attached hydrogens (tertiary/aromatic N) is 1. The molecule has 1 amide bonds. The van der Waals surface area contributed by atoms with Gasteiger partial charge in [0.2, 0.25) is 11.8 Å². The molecule has 0 spiro atoms. The van der Waals surface area contributed by atoms with Crippen molar-refractivity contribution in [1.29, 1.82) is 0 Å². The molecule has 0 saturated heterocycles. The van der Waals surface area contributed by atoms with Gasteiger partial charge in [0.05, 0.1) is 31.6 Å². The predicted octanol–water partition coefficient (Wildman–Crippen LogP) is 4.10. The zero-order valence-electron chi connectivity index (χ0n) is 19.1. The molecule has 0 saturated carbocycles. The normalized spacial score (nSPS) is 13.1. The van der Waals surface area contributed by atoms with Crippen LogP contribution in [0.4, 0.5) is 4.39 Å². The molecule has 9 heteroatoms. The highest BCUT2D eigenvalue weighted by Gasteiger charge is 2.24. The largest absolute Gasteiger partial charge is 0.481 e. The zero-order valence-corrected chi connectivity index (χ0v) is 19.9. The van der Waals surface area contributed by atoms with Gasteiger partial charge in [0.1, 0.15) is 5.82 Å². The molecule has 3 aromatic rings. The Balaban J connectivity index is 1.68. The van der Waals surface area contributed by atoms with Crippen molar-refractivity contribution in [3.63, 3.8) is 0 Å². The van der Waals surface area contributed by atoms with Gasteiger partial charge in [0.25, 0.3) is 10.0 Å². The van der Waals surface area contributed by atoms with Gasteiger partial charge in [-0.1, -0.05) is 19.9 Å². The first-order valence-electron chi connectivity index (χ1n) is 10.8. The molecule has 1 aromatic heterocycles. The molecule has 0 bridgehead atoms. The molecular formula is C25H25FN2O5S. The van der Waals surface area contributed by atoms with Gasteiger partial charge >= 0.3 is 0 Å². The standard InChI is InChI=1S/C25H25FN2O5S/c1-15(2)21-10-19(26)11-22(16-6-7-27-25(9-16)32-3)23(21)12-24(29)28-34(30,31)20-5-4-17-13-33-14-18(17)8-20/h4-11,15H,12-14H2,1-3H3,(H,28,29). The second kappa shape index (κ2) is 9.52. The van der Waals surface area contributed by atoms with Gasteiger partial charge in [-0.15, -0.1) is 0 Å². The second-order valence-electron chi connectivity index (χ2n) is 8.39. The van der Waals surface area contributed by atoms with Crippen molar-refractivity contribution >= 4 is 15.9 Å². The summed E-state index contributed by atoms with van der Waals surface area (Å²) in [7, 11) is -2.62. The summed E-state index contributed by atoms with van der Waals surface area (Å²) in [6.07, 6.45) is 1.28. The van der Waals surface area contributed by atoms with Crippen LogP contribution < -0.4 is 9.46 Å². The molecule has 178 valence electrons. The number of halogens is 1. The summed E-state index contributed by atoms with van der Waals surface area (Å²) < 4.78 is 53.0. The van der Waals surface area contributed by atoms with E-state index in [0.717, 1.165) is 11.1 Å².